The van der Waals surface area contributed by atoms with Crippen LogP contribution in [-0.2, 0) is 9.59 Å². The van der Waals surface area contributed by atoms with Crippen LogP contribution in [0.25, 0.3) is 0 Å². The monoisotopic (exact) mass is 280 g/mol. The van der Waals surface area contributed by atoms with Crippen molar-refractivity contribution in [3.63, 3.8) is 0 Å². The highest BCUT2D eigenvalue weighted by atomic mass is 16.2. The Labute approximate surface area is 122 Å². The number of carbonyl (C=O) groups excluding carboxylic acids is 2. The second-order valence-electron chi connectivity index (χ2n) is 6.84. The van der Waals surface area contributed by atoms with E-state index in [1.54, 1.807) is 0 Å². The molecule has 2 amide bonds. The highest BCUT2D eigenvalue weighted by molar-refractivity contribution is 5.90. The zero-order chi connectivity index (χ0) is 14.7. The second-order valence-corrected chi connectivity index (χ2v) is 6.84. The molecular weight excluding hydrogens is 252 g/mol. The fourth-order valence-electron chi connectivity index (χ4n) is 3.61. The normalized spacial score (nSPS) is 29.5. The van der Waals surface area contributed by atoms with Crippen LogP contribution in [0.15, 0.2) is 0 Å². The molecule has 2 unspecified atom stereocenters. The highest BCUT2D eigenvalue weighted by Gasteiger charge is 2.38. The summed E-state index contributed by atoms with van der Waals surface area (Å²) in [6, 6.07) is 0.0470. The Balaban J connectivity index is 2.17. The predicted molar refractivity (Wildman–Crippen MR) is 79.2 cm³/mol. The maximum absolute atomic E-state index is 12.8. The third kappa shape index (κ3) is 3.53. The van der Waals surface area contributed by atoms with E-state index in [9.17, 15) is 9.59 Å². The van der Waals surface area contributed by atoms with Crippen LogP contribution in [-0.4, -0.2) is 34.8 Å². The van der Waals surface area contributed by atoms with E-state index in [1.165, 1.54) is 19.3 Å². The van der Waals surface area contributed by atoms with E-state index in [0.717, 1.165) is 19.3 Å². The van der Waals surface area contributed by atoms with E-state index in [1.807, 2.05) is 11.8 Å². The molecule has 0 spiro atoms. The first-order valence-electron chi connectivity index (χ1n) is 8.10. The summed E-state index contributed by atoms with van der Waals surface area (Å²) in [5.74, 6) is 0.574. The van der Waals surface area contributed by atoms with Crippen molar-refractivity contribution in [3.8, 4) is 0 Å². The fourth-order valence-corrected chi connectivity index (χ4v) is 3.61. The predicted octanol–water partition coefficient (Wildman–Crippen LogP) is 2.47. The molecule has 1 aliphatic heterocycles. The van der Waals surface area contributed by atoms with Gasteiger partial charge in [0.1, 0.15) is 6.04 Å². The van der Waals surface area contributed by atoms with E-state index in [4.69, 9.17) is 0 Å². The third-order valence-corrected chi connectivity index (χ3v) is 4.52. The molecule has 1 saturated carbocycles. The lowest BCUT2D eigenvalue weighted by Crippen LogP contribution is -2.51. The van der Waals surface area contributed by atoms with Crippen LogP contribution in [0.2, 0.25) is 0 Å². The molecule has 0 aromatic rings. The summed E-state index contributed by atoms with van der Waals surface area (Å²) in [5, 5.41) is 2.93. The molecule has 4 nitrogen and oxygen atoms in total. The molecule has 1 N–H and O–H groups in total. The van der Waals surface area contributed by atoms with Gasteiger partial charge in [0.15, 0.2) is 0 Å². The SMILES string of the molecule is CC(C)CC1NC(=O)CC(C)N(C2CCCCC2)C1=O. The average molecular weight is 280 g/mol. The average Bonchev–Trinajstić information content (AvgIpc) is 2.47. The van der Waals surface area contributed by atoms with Gasteiger partial charge in [0.25, 0.3) is 0 Å². The Kier molecular flexibility index (Phi) is 5.06. The lowest BCUT2D eigenvalue weighted by molar-refractivity contribution is -0.138. The maximum Gasteiger partial charge on any atom is 0.245 e. The van der Waals surface area contributed by atoms with Crippen molar-refractivity contribution in [3.05, 3.63) is 0 Å². The molecule has 4 heteroatoms. The van der Waals surface area contributed by atoms with Gasteiger partial charge >= 0.3 is 0 Å². The molecule has 0 aromatic carbocycles. The van der Waals surface area contributed by atoms with Crippen molar-refractivity contribution < 1.29 is 9.59 Å². The molecular formula is C16H28N2O2. The molecule has 2 aliphatic rings. The van der Waals surface area contributed by atoms with Gasteiger partial charge in [0, 0.05) is 18.5 Å². The van der Waals surface area contributed by atoms with E-state index >= 15 is 0 Å². The summed E-state index contributed by atoms with van der Waals surface area (Å²) in [6.45, 7) is 6.21. The first-order valence-corrected chi connectivity index (χ1v) is 8.10. The Bertz CT molecular complexity index is 361. The van der Waals surface area contributed by atoms with E-state index < -0.39 is 0 Å². The van der Waals surface area contributed by atoms with Gasteiger partial charge in [-0.25, -0.2) is 0 Å². The van der Waals surface area contributed by atoms with Gasteiger partial charge in [-0.1, -0.05) is 33.1 Å². The summed E-state index contributed by atoms with van der Waals surface area (Å²) in [4.78, 5) is 26.8. The number of carbonyl (C=O) groups is 2. The van der Waals surface area contributed by atoms with Gasteiger partial charge < -0.3 is 10.2 Å². The molecule has 114 valence electrons. The summed E-state index contributed by atoms with van der Waals surface area (Å²) in [5.41, 5.74) is 0. The quantitative estimate of drug-likeness (QED) is 0.863. The topological polar surface area (TPSA) is 49.4 Å². The molecule has 2 rings (SSSR count). The van der Waals surface area contributed by atoms with Crippen molar-refractivity contribution in [2.45, 2.75) is 83.8 Å². The fraction of sp³-hybridized carbons (Fsp3) is 0.875. The van der Waals surface area contributed by atoms with Gasteiger partial charge in [0.05, 0.1) is 0 Å². The molecule has 1 saturated heterocycles. The van der Waals surface area contributed by atoms with Crippen LogP contribution in [0.3, 0.4) is 0 Å². The Morgan fingerprint density at radius 1 is 1.20 bits per heavy atom. The first kappa shape index (κ1) is 15.3. The van der Waals surface area contributed by atoms with Gasteiger partial charge in [0.2, 0.25) is 11.8 Å². The molecule has 0 aromatic heterocycles. The minimum atomic E-state index is -0.325. The maximum atomic E-state index is 12.8. The lowest BCUT2D eigenvalue weighted by Gasteiger charge is -2.38. The number of rotatable bonds is 3. The summed E-state index contributed by atoms with van der Waals surface area (Å²) < 4.78 is 0. The molecule has 2 atom stereocenters. The van der Waals surface area contributed by atoms with Gasteiger partial charge in [-0.05, 0) is 32.1 Å². The number of hydrogen-bond acceptors (Lipinski definition) is 2. The van der Waals surface area contributed by atoms with E-state index in [-0.39, 0.29) is 23.9 Å². The second kappa shape index (κ2) is 6.59. The van der Waals surface area contributed by atoms with Crippen molar-refractivity contribution in [1.29, 1.82) is 0 Å². The standard InChI is InChI=1S/C16H28N2O2/c1-11(2)9-14-16(20)18(12(3)10-15(19)17-14)13-7-5-4-6-8-13/h11-14H,4-10H2,1-3H3,(H,17,19). The minimum absolute atomic E-state index is 0.0230. The summed E-state index contributed by atoms with van der Waals surface area (Å²) in [6.07, 6.45) is 7.06. The molecule has 1 heterocycles. The van der Waals surface area contributed by atoms with E-state index in [0.29, 0.717) is 18.4 Å². The number of amides is 2. The number of hydrogen-bond donors (Lipinski definition) is 1. The first-order chi connectivity index (χ1) is 9.49. The van der Waals surface area contributed by atoms with Crippen molar-refractivity contribution >= 4 is 11.8 Å². The molecule has 0 radical (unpaired) electrons. The van der Waals surface area contributed by atoms with Crippen molar-refractivity contribution in [2.75, 3.05) is 0 Å². The lowest BCUT2D eigenvalue weighted by atomic mass is 9.92. The Morgan fingerprint density at radius 3 is 2.45 bits per heavy atom. The molecule has 2 fully saturated rings. The number of nitrogens with zero attached hydrogens (tertiary/aromatic N) is 1. The molecule has 20 heavy (non-hydrogen) atoms. The van der Waals surface area contributed by atoms with Crippen molar-refractivity contribution in [2.24, 2.45) is 5.92 Å². The van der Waals surface area contributed by atoms with Crippen LogP contribution in [0.4, 0.5) is 0 Å². The Morgan fingerprint density at radius 2 is 1.85 bits per heavy atom. The zero-order valence-electron chi connectivity index (χ0n) is 13.0. The van der Waals surface area contributed by atoms with E-state index in [2.05, 4.69) is 19.2 Å². The van der Waals surface area contributed by atoms with Crippen LogP contribution in [0.5, 0.6) is 0 Å². The van der Waals surface area contributed by atoms with Crippen LogP contribution >= 0.6 is 0 Å². The summed E-state index contributed by atoms with van der Waals surface area (Å²) >= 11 is 0. The van der Waals surface area contributed by atoms with Crippen LogP contribution in [0.1, 0.15) is 65.7 Å². The summed E-state index contributed by atoms with van der Waals surface area (Å²) in [7, 11) is 0. The highest BCUT2D eigenvalue weighted by Crippen LogP contribution is 2.27. The number of nitrogens with one attached hydrogen (secondary N) is 1. The molecule has 0 bridgehead atoms. The van der Waals surface area contributed by atoms with Crippen LogP contribution < -0.4 is 5.32 Å². The van der Waals surface area contributed by atoms with Crippen LogP contribution in [0, 0.1) is 5.92 Å². The Hall–Kier alpha value is -1.06. The molecule has 1 aliphatic carbocycles. The van der Waals surface area contributed by atoms with Gasteiger partial charge in [-0.15, -0.1) is 0 Å². The minimum Gasteiger partial charge on any atom is -0.344 e. The van der Waals surface area contributed by atoms with Gasteiger partial charge in [-0.3, -0.25) is 9.59 Å². The largest absolute Gasteiger partial charge is 0.344 e. The zero-order valence-corrected chi connectivity index (χ0v) is 13.0. The van der Waals surface area contributed by atoms with Gasteiger partial charge in [-0.2, -0.15) is 0 Å². The third-order valence-electron chi connectivity index (χ3n) is 4.52. The smallest absolute Gasteiger partial charge is 0.245 e. The van der Waals surface area contributed by atoms with Crippen molar-refractivity contribution in [1.82, 2.24) is 10.2 Å².